The molecule has 0 unspecified atom stereocenters. The van der Waals surface area contributed by atoms with Crippen molar-refractivity contribution in [1.82, 2.24) is 0 Å². The second-order valence-corrected chi connectivity index (χ2v) is 3.14. The molecule has 0 amide bonds. The number of ether oxygens (including phenoxy) is 1. The van der Waals surface area contributed by atoms with Crippen LogP contribution in [0.15, 0.2) is 42.0 Å². The van der Waals surface area contributed by atoms with Crippen LogP contribution in [0, 0.1) is 0 Å². The number of aliphatic hydroxyl groups excluding tert-OH is 2. The van der Waals surface area contributed by atoms with Gasteiger partial charge in [-0.05, 0) is 23.8 Å². The maximum atomic E-state index is 11.4. The lowest BCUT2D eigenvalue weighted by Crippen LogP contribution is -2.06. The molecule has 0 bridgehead atoms. The highest BCUT2D eigenvalue weighted by atomic mass is 16.5. The van der Waals surface area contributed by atoms with Gasteiger partial charge in [-0.1, -0.05) is 18.2 Å². The third-order valence-corrected chi connectivity index (χ3v) is 2.00. The quantitative estimate of drug-likeness (QED) is 0.570. The summed E-state index contributed by atoms with van der Waals surface area (Å²) in [5.74, 6) is -0.424. The molecule has 1 aromatic carbocycles. The Bertz CT molecular complexity index is 351. The van der Waals surface area contributed by atoms with E-state index in [1.54, 1.807) is 24.3 Å². The van der Waals surface area contributed by atoms with Gasteiger partial charge in [0, 0.05) is 0 Å². The Morgan fingerprint density at radius 1 is 1.19 bits per heavy atom. The molecule has 4 nitrogen and oxygen atoms in total. The SMILES string of the molecule is O=C(OCC=C(CO)CO)c1ccccc1. The first-order valence-corrected chi connectivity index (χ1v) is 4.89. The van der Waals surface area contributed by atoms with E-state index in [-0.39, 0.29) is 19.8 Å². The van der Waals surface area contributed by atoms with E-state index in [0.29, 0.717) is 11.1 Å². The van der Waals surface area contributed by atoms with Crippen molar-refractivity contribution in [2.24, 2.45) is 0 Å². The second-order valence-electron chi connectivity index (χ2n) is 3.14. The van der Waals surface area contributed by atoms with Crippen LogP contribution < -0.4 is 0 Å². The van der Waals surface area contributed by atoms with E-state index in [1.807, 2.05) is 6.07 Å². The van der Waals surface area contributed by atoms with Gasteiger partial charge in [-0.2, -0.15) is 0 Å². The molecule has 86 valence electrons. The van der Waals surface area contributed by atoms with Crippen molar-refractivity contribution in [3.8, 4) is 0 Å². The fraction of sp³-hybridized carbons (Fsp3) is 0.250. The summed E-state index contributed by atoms with van der Waals surface area (Å²) in [7, 11) is 0. The van der Waals surface area contributed by atoms with Crippen LogP contribution in [0.3, 0.4) is 0 Å². The Kier molecular flexibility index (Phi) is 5.25. The minimum absolute atomic E-state index is 0.0458. The van der Waals surface area contributed by atoms with E-state index in [2.05, 4.69) is 0 Å². The van der Waals surface area contributed by atoms with Crippen molar-refractivity contribution in [2.75, 3.05) is 19.8 Å². The van der Waals surface area contributed by atoms with Crippen LogP contribution in [0.2, 0.25) is 0 Å². The van der Waals surface area contributed by atoms with Crippen molar-refractivity contribution >= 4 is 5.97 Å². The number of esters is 1. The molecule has 16 heavy (non-hydrogen) atoms. The average molecular weight is 222 g/mol. The molecule has 0 aliphatic carbocycles. The molecular weight excluding hydrogens is 208 g/mol. The monoisotopic (exact) mass is 222 g/mol. The normalized spacial score (nSPS) is 9.62. The lowest BCUT2D eigenvalue weighted by Gasteiger charge is -2.03. The zero-order valence-corrected chi connectivity index (χ0v) is 8.80. The van der Waals surface area contributed by atoms with Crippen LogP contribution in [-0.4, -0.2) is 36.0 Å². The van der Waals surface area contributed by atoms with E-state index in [1.165, 1.54) is 6.08 Å². The zero-order chi connectivity index (χ0) is 11.8. The van der Waals surface area contributed by atoms with Crippen molar-refractivity contribution in [1.29, 1.82) is 0 Å². The van der Waals surface area contributed by atoms with Crippen LogP contribution in [0.25, 0.3) is 0 Å². The Morgan fingerprint density at radius 3 is 2.38 bits per heavy atom. The molecule has 1 aromatic rings. The smallest absolute Gasteiger partial charge is 0.338 e. The highest BCUT2D eigenvalue weighted by Crippen LogP contribution is 2.01. The summed E-state index contributed by atoms with van der Waals surface area (Å²) in [6.07, 6.45) is 1.49. The van der Waals surface area contributed by atoms with Crippen LogP contribution in [0.4, 0.5) is 0 Å². The zero-order valence-electron chi connectivity index (χ0n) is 8.80. The molecule has 0 heterocycles. The molecule has 0 fully saturated rings. The van der Waals surface area contributed by atoms with Crippen molar-refractivity contribution in [3.05, 3.63) is 47.5 Å². The summed E-state index contributed by atoms with van der Waals surface area (Å²) in [5, 5.41) is 17.5. The van der Waals surface area contributed by atoms with Crippen LogP contribution in [0.1, 0.15) is 10.4 Å². The first-order valence-electron chi connectivity index (χ1n) is 4.89. The minimum Gasteiger partial charge on any atom is -0.458 e. The van der Waals surface area contributed by atoms with Gasteiger partial charge in [-0.15, -0.1) is 0 Å². The number of hydrogen-bond donors (Lipinski definition) is 2. The number of hydrogen-bond acceptors (Lipinski definition) is 4. The highest BCUT2D eigenvalue weighted by molar-refractivity contribution is 5.89. The van der Waals surface area contributed by atoms with Gasteiger partial charge < -0.3 is 14.9 Å². The van der Waals surface area contributed by atoms with Gasteiger partial charge >= 0.3 is 5.97 Å². The largest absolute Gasteiger partial charge is 0.458 e. The topological polar surface area (TPSA) is 66.8 Å². The van der Waals surface area contributed by atoms with Gasteiger partial charge in [-0.3, -0.25) is 0 Å². The molecule has 0 aliphatic rings. The third kappa shape index (κ3) is 3.84. The van der Waals surface area contributed by atoms with E-state index >= 15 is 0 Å². The molecule has 0 spiro atoms. The Morgan fingerprint density at radius 2 is 1.81 bits per heavy atom. The molecule has 2 N–H and O–H groups in total. The summed E-state index contributed by atoms with van der Waals surface area (Å²) in [6, 6.07) is 8.63. The van der Waals surface area contributed by atoms with Crippen LogP contribution in [0.5, 0.6) is 0 Å². The maximum Gasteiger partial charge on any atom is 0.338 e. The Balaban J connectivity index is 2.45. The van der Waals surface area contributed by atoms with Crippen molar-refractivity contribution in [3.63, 3.8) is 0 Å². The van der Waals surface area contributed by atoms with E-state index in [0.717, 1.165) is 0 Å². The second kappa shape index (κ2) is 6.76. The third-order valence-electron chi connectivity index (χ3n) is 2.00. The van der Waals surface area contributed by atoms with E-state index in [9.17, 15) is 4.79 Å². The van der Waals surface area contributed by atoms with Crippen molar-refractivity contribution in [2.45, 2.75) is 0 Å². The van der Waals surface area contributed by atoms with Gasteiger partial charge in [-0.25, -0.2) is 4.79 Å². The summed E-state index contributed by atoms with van der Waals surface area (Å²) < 4.78 is 4.92. The number of rotatable bonds is 5. The van der Waals surface area contributed by atoms with Gasteiger partial charge in [0.25, 0.3) is 0 Å². The summed E-state index contributed by atoms with van der Waals surface area (Å²) in [6.45, 7) is -0.428. The molecule has 1 rings (SSSR count). The van der Waals surface area contributed by atoms with E-state index in [4.69, 9.17) is 14.9 Å². The number of benzene rings is 1. The lowest BCUT2D eigenvalue weighted by atomic mass is 10.2. The average Bonchev–Trinajstić information content (AvgIpc) is 2.35. The van der Waals surface area contributed by atoms with Crippen molar-refractivity contribution < 1.29 is 19.7 Å². The molecule has 0 radical (unpaired) electrons. The molecule has 0 aliphatic heterocycles. The Hall–Kier alpha value is -1.65. The predicted octanol–water partition coefficient (Wildman–Crippen LogP) is 0.754. The fourth-order valence-corrected chi connectivity index (χ4v) is 1.07. The van der Waals surface area contributed by atoms with Gasteiger partial charge in [0.1, 0.15) is 6.61 Å². The van der Waals surface area contributed by atoms with Crippen LogP contribution >= 0.6 is 0 Å². The fourth-order valence-electron chi connectivity index (χ4n) is 1.07. The molecule has 4 heteroatoms. The molecular formula is C12H14O4. The van der Waals surface area contributed by atoms with Crippen LogP contribution in [-0.2, 0) is 4.74 Å². The molecule has 0 atom stereocenters. The van der Waals surface area contributed by atoms with E-state index < -0.39 is 5.97 Å². The Labute approximate surface area is 93.8 Å². The standard InChI is InChI=1S/C12H14O4/c13-8-10(9-14)6-7-16-12(15)11-4-2-1-3-5-11/h1-6,13-14H,7-9H2. The highest BCUT2D eigenvalue weighted by Gasteiger charge is 2.04. The molecule has 0 saturated carbocycles. The predicted molar refractivity (Wildman–Crippen MR) is 59.0 cm³/mol. The first-order chi connectivity index (χ1) is 7.77. The van der Waals surface area contributed by atoms with Gasteiger partial charge in [0.2, 0.25) is 0 Å². The number of aliphatic hydroxyl groups is 2. The van der Waals surface area contributed by atoms with Gasteiger partial charge in [0.15, 0.2) is 0 Å². The number of carbonyl (C=O) groups is 1. The summed E-state index contributed by atoms with van der Waals surface area (Å²) >= 11 is 0. The lowest BCUT2D eigenvalue weighted by molar-refractivity contribution is 0.0547. The molecule has 0 saturated heterocycles. The number of carbonyl (C=O) groups excluding carboxylic acids is 1. The summed E-state index contributed by atoms with van der Waals surface area (Å²) in [4.78, 5) is 11.4. The van der Waals surface area contributed by atoms with Gasteiger partial charge in [0.05, 0.1) is 18.8 Å². The minimum atomic E-state index is -0.424. The maximum absolute atomic E-state index is 11.4. The molecule has 0 aromatic heterocycles. The summed E-state index contributed by atoms with van der Waals surface area (Å²) in [5.41, 5.74) is 0.909. The first kappa shape index (κ1) is 12.4.